The fourth-order valence-corrected chi connectivity index (χ4v) is 3.17. The minimum atomic E-state index is 0.258. The number of nitrogens with zero attached hydrogens (tertiary/aromatic N) is 2. The number of rotatable bonds is 10. The lowest BCUT2D eigenvalue weighted by Gasteiger charge is -2.28. The van der Waals surface area contributed by atoms with Crippen LogP contribution in [0.3, 0.4) is 0 Å². The molecule has 0 radical (unpaired) electrons. The second kappa shape index (κ2) is 9.59. The lowest BCUT2D eigenvalue weighted by molar-refractivity contribution is 0.0277. The van der Waals surface area contributed by atoms with Gasteiger partial charge in [0.25, 0.3) is 0 Å². The summed E-state index contributed by atoms with van der Waals surface area (Å²) in [5.74, 6) is 0. The molecule has 1 rings (SSSR count). The molecule has 0 aliphatic rings. The van der Waals surface area contributed by atoms with Crippen molar-refractivity contribution in [3.8, 4) is 0 Å². The van der Waals surface area contributed by atoms with Crippen molar-refractivity contribution in [2.24, 2.45) is 7.05 Å². The van der Waals surface area contributed by atoms with Crippen LogP contribution in [0.5, 0.6) is 0 Å². The van der Waals surface area contributed by atoms with Gasteiger partial charge in [-0.2, -0.15) is 5.10 Å². The summed E-state index contributed by atoms with van der Waals surface area (Å²) >= 11 is 3.67. The number of hydrogen-bond donors (Lipinski definition) is 1. The Hall–Kier alpha value is -0.390. The third-order valence-corrected chi connectivity index (χ3v) is 4.77. The molecule has 0 aromatic carbocycles. The second-order valence-corrected chi connectivity index (χ2v) is 6.31. The number of hydrogen-bond acceptors (Lipinski definition) is 3. The second-order valence-electron chi connectivity index (χ2n) is 5.52. The number of nitrogens with one attached hydrogen (secondary N) is 1. The minimum absolute atomic E-state index is 0.258. The average Bonchev–Trinajstić information content (AvgIpc) is 2.69. The van der Waals surface area contributed by atoms with Crippen molar-refractivity contribution >= 4 is 15.9 Å². The first-order chi connectivity index (χ1) is 10.0. The van der Waals surface area contributed by atoms with Crippen molar-refractivity contribution in [3.63, 3.8) is 0 Å². The van der Waals surface area contributed by atoms with E-state index in [0.29, 0.717) is 6.04 Å². The molecule has 0 spiro atoms. The van der Waals surface area contributed by atoms with E-state index in [0.717, 1.165) is 49.0 Å². The number of aromatic nitrogens is 2. The van der Waals surface area contributed by atoms with Crippen LogP contribution in [0.25, 0.3) is 0 Å². The summed E-state index contributed by atoms with van der Waals surface area (Å²) in [6.07, 6.45) is 4.55. The molecule has 122 valence electrons. The smallest absolute Gasteiger partial charge is 0.0738 e. The van der Waals surface area contributed by atoms with Crippen LogP contribution in [0.15, 0.2) is 4.47 Å². The molecule has 0 amide bonds. The SMILES string of the molecule is CCCNC(Cc1c(Br)c(C)nn1C)C(CCC)OCC. The number of halogens is 1. The quantitative estimate of drug-likeness (QED) is 0.693. The van der Waals surface area contributed by atoms with Gasteiger partial charge in [-0.3, -0.25) is 4.68 Å². The lowest BCUT2D eigenvalue weighted by Crippen LogP contribution is -2.44. The van der Waals surface area contributed by atoms with Gasteiger partial charge in [0.1, 0.15) is 0 Å². The van der Waals surface area contributed by atoms with Gasteiger partial charge in [-0.1, -0.05) is 20.3 Å². The highest BCUT2D eigenvalue weighted by atomic mass is 79.9. The first-order valence-electron chi connectivity index (χ1n) is 8.07. The average molecular weight is 360 g/mol. The maximum Gasteiger partial charge on any atom is 0.0738 e. The predicted octanol–water partition coefficient (Wildman–Crippen LogP) is 3.61. The van der Waals surface area contributed by atoms with Crippen LogP contribution in [-0.4, -0.2) is 35.1 Å². The minimum Gasteiger partial charge on any atom is -0.377 e. The van der Waals surface area contributed by atoms with Gasteiger partial charge < -0.3 is 10.1 Å². The summed E-state index contributed by atoms with van der Waals surface area (Å²) < 4.78 is 9.10. The van der Waals surface area contributed by atoms with E-state index in [4.69, 9.17) is 4.74 Å². The Labute approximate surface area is 137 Å². The van der Waals surface area contributed by atoms with E-state index in [1.165, 1.54) is 5.69 Å². The first-order valence-corrected chi connectivity index (χ1v) is 8.87. The topological polar surface area (TPSA) is 39.1 Å². The zero-order valence-electron chi connectivity index (χ0n) is 14.1. The summed E-state index contributed by atoms with van der Waals surface area (Å²) in [5, 5.41) is 8.16. The van der Waals surface area contributed by atoms with Crippen molar-refractivity contribution in [1.29, 1.82) is 0 Å². The zero-order valence-corrected chi connectivity index (χ0v) is 15.7. The Kier molecular flexibility index (Phi) is 8.52. The van der Waals surface area contributed by atoms with E-state index >= 15 is 0 Å². The molecule has 0 aliphatic carbocycles. The monoisotopic (exact) mass is 359 g/mol. The van der Waals surface area contributed by atoms with Crippen molar-refractivity contribution in [3.05, 3.63) is 15.9 Å². The van der Waals surface area contributed by atoms with Crippen molar-refractivity contribution < 1.29 is 4.74 Å². The molecule has 1 N–H and O–H groups in total. The standard InChI is InChI=1S/C16H30BrN3O/c1-6-9-15(21-8-3)13(18-10-7-2)11-14-16(17)12(4)19-20(14)5/h13,15,18H,6-11H2,1-5H3. The molecular formula is C16H30BrN3O. The van der Waals surface area contributed by atoms with Gasteiger partial charge in [0.2, 0.25) is 0 Å². The molecule has 1 aromatic rings. The van der Waals surface area contributed by atoms with Gasteiger partial charge in [-0.15, -0.1) is 0 Å². The normalized spacial score (nSPS) is 14.4. The molecule has 5 heteroatoms. The number of aryl methyl sites for hydroxylation is 2. The highest BCUT2D eigenvalue weighted by molar-refractivity contribution is 9.10. The molecule has 0 saturated carbocycles. The summed E-state index contributed by atoms with van der Waals surface area (Å²) in [6, 6.07) is 0.330. The van der Waals surface area contributed by atoms with Crippen molar-refractivity contribution in [2.45, 2.75) is 65.5 Å². The third kappa shape index (κ3) is 5.38. The van der Waals surface area contributed by atoms with Gasteiger partial charge in [0, 0.05) is 26.1 Å². The molecule has 21 heavy (non-hydrogen) atoms. The Balaban J connectivity index is 2.89. The molecule has 0 bridgehead atoms. The Morgan fingerprint density at radius 3 is 2.48 bits per heavy atom. The van der Waals surface area contributed by atoms with Gasteiger partial charge in [0.05, 0.1) is 22.0 Å². The molecule has 0 fully saturated rings. The summed E-state index contributed by atoms with van der Waals surface area (Å²) in [7, 11) is 2.01. The maximum absolute atomic E-state index is 5.99. The van der Waals surface area contributed by atoms with Gasteiger partial charge in [-0.05, 0) is 49.2 Å². The first kappa shape index (κ1) is 18.7. The highest BCUT2D eigenvalue weighted by Gasteiger charge is 2.24. The molecule has 0 aliphatic heterocycles. The fourth-order valence-electron chi connectivity index (χ4n) is 2.67. The Morgan fingerprint density at radius 1 is 1.29 bits per heavy atom. The van der Waals surface area contributed by atoms with E-state index in [2.05, 4.69) is 47.1 Å². The van der Waals surface area contributed by atoms with Crippen LogP contribution in [0.2, 0.25) is 0 Å². The summed E-state index contributed by atoms with van der Waals surface area (Å²) in [4.78, 5) is 0. The van der Waals surface area contributed by atoms with Gasteiger partial charge >= 0.3 is 0 Å². The number of ether oxygens (including phenoxy) is 1. The Morgan fingerprint density at radius 2 is 2.00 bits per heavy atom. The van der Waals surface area contributed by atoms with E-state index in [9.17, 15) is 0 Å². The summed E-state index contributed by atoms with van der Waals surface area (Å²) in [5.41, 5.74) is 2.28. The zero-order chi connectivity index (χ0) is 15.8. The predicted molar refractivity (Wildman–Crippen MR) is 91.8 cm³/mol. The molecule has 1 aromatic heterocycles. The molecule has 2 unspecified atom stereocenters. The molecule has 2 atom stereocenters. The van der Waals surface area contributed by atoms with E-state index < -0.39 is 0 Å². The third-order valence-electron chi connectivity index (χ3n) is 3.73. The fraction of sp³-hybridized carbons (Fsp3) is 0.812. The molecule has 4 nitrogen and oxygen atoms in total. The Bertz CT molecular complexity index is 414. The molecular weight excluding hydrogens is 330 g/mol. The molecule has 0 saturated heterocycles. The largest absolute Gasteiger partial charge is 0.377 e. The van der Waals surface area contributed by atoms with Crippen LogP contribution >= 0.6 is 15.9 Å². The lowest BCUT2D eigenvalue weighted by atomic mass is 10.0. The van der Waals surface area contributed by atoms with Gasteiger partial charge in [-0.25, -0.2) is 0 Å². The van der Waals surface area contributed by atoms with E-state index in [1.54, 1.807) is 0 Å². The van der Waals surface area contributed by atoms with Crippen molar-refractivity contribution in [1.82, 2.24) is 15.1 Å². The maximum atomic E-state index is 5.99. The van der Waals surface area contributed by atoms with E-state index in [1.807, 2.05) is 18.7 Å². The molecule has 1 heterocycles. The van der Waals surface area contributed by atoms with E-state index in [-0.39, 0.29) is 6.10 Å². The van der Waals surface area contributed by atoms with Crippen LogP contribution in [-0.2, 0) is 18.2 Å². The van der Waals surface area contributed by atoms with Gasteiger partial charge in [0.15, 0.2) is 0 Å². The van der Waals surface area contributed by atoms with Crippen LogP contribution < -0.4 is 5.32 Å². The summed E-state index contributed by atoms with van der Waals surface area (Å²) in [6.45, 7) is 10.3. The van der Waals surface area contributed by atoms with Crippen LogP contribution in [0.4, 0.5) is 0 Å². The van der Waals surface area contributed by atoms with Crippen LogP contribution in [0, 0.1) is 6.92 Å². The highest BCUT2D eigenvalue weighted by Crippen LogP contribution is 2.23. The van der Waals surface area contributed by atoms with Crippen LogP contribution in [0.1, 0.15) is 51.4 Å². The van der Waals surface area contributed by atoms with Crippen molar-refractivity contribution in [2.75, 3.05) is 13.2 Å².